The highest BCUT2D eigenvalue weighted by Crippen LogP contribution is 2.24. The molecule has 0 aliphatic heterocycles. The summed E-state index contributed by atoms with van der Waals surface area (Å²) in [6, 6.07) is 27.9. The molecule has 3 aromatic carbocycles. The first-order valence-corrected chi connectivity index (χ1v) is 11.8. The highest BCUT2D eigenvalue weighted by molar-refractivity contribution is 7.99. The van der Waals surface area contributed by atoms with Gasteiger partial charge in [-0.15, -0.1) is 10.2 Å². The number of nitrogens with one attached hydrogen (secondary N) is 1. The van der Waals surface area contributed by atoms with E-state index in [1.165, 1.54) is 17.3 Å². The van der Waals surface area contributed by atoms with Gasteiger partial charge in [0.05, 0.1) is 5.75 Å². The Morgan fingerprint density at radius 1 is 0.939 bits per heavy atom. The number of hydrogen-bond acceptors (Lipinski definition) is 5. The molecule has 4 aromatic rings. The van der Waals surface area contributed by atoms with Gasteiger partial charge >= 0.3 is 0 Å². The van der Waals surface area contributed by atoms with Crippen LogP contribution in [0.3, 0.4) is 0 Å². The first-order chi connectivity index (χ1) is 16.2. The van der Waals surface area contributed by atoms with E-state index in [0.717, 1.165) is 23.4 Å². The number of para-hydroxylation sites is 2. The van der Waals surface area contributed by atoms with E-state index in [-0.39, 0.29) is 18.3 Å². The second-order valence-corrected chi connectivity index (χ2v) is 8.44. The van der Waals surface area contributed by atoms with Crippen LogP contribution >= 0.6 is 11.8 Å². The summed E-state index contributed by atoms with van der Waals surface area (Å²) in [7, 11) is 0. The zero-order valence-corrected chi connectivity index (χ0v) is 19.3. The molecule has 0 atom stereocenters. The molecule has 0 aliphatic rings. The number of nitrogens with zero attached hydrogens (tertiary/aromatic N) is 3. The summed E-state index contributed by atoms with van der Waals surface area (Å²) in [5, 5.41) is 12.3. The molecule has 0 aliphatic carbocycles. The summed E-state index contributed by atoms with van der Waals surface area (Å²) in [5.74, 6) is 1.72. The number of amides is 1. The third-order valence-electron chi connectivity index (χ3n) is 5.08. The fourth-order valence-corrected chi connectivity index (χ4v) is 4.16. The van der Waals surface area contributed by atoms with Crippen LogP contribution in [0.1, 0.15) is 17.0 Å². The van der Waals surface area contributed by atoms with E-state index in [0.29, 0.717) is 17.5 Å². The van der Waals surface area contributed by atoms with E-state index in [1.54, 1.807) is 0 Å². The Balaban J connectivity index is 1.40. The van der Waals surface area contributed by atoms with Gasteiger partial charge in [-0.2, -0.15) is 0 Å². The number of aromatic nitrogens is 3. The number of ether oxygens (including phenoxy) is 1. The predicted octanol–water partition coefficient (Wildman–Crippen LogP) is 4.61. The number of carbonyl (C=O) groups excluding carboxylic acids is 1. The lowest BCUT2D eigenvalue weighted by Gasteiger charge is -2.12. The summed E-state index contributed by atoms with van der Waals surface area (Å²) in [5.41, 5.74) is 3.19. The van der Waals surface area contributed by atoms with Crippen LogP contribution in [0.4, 0.5) is 0 Å². The molecule has 4 rings (SSSR count). The fraction of sp³-hybridized carbons (Fsp3) is 0.192. The first-order valence-electron chi connectivity index (χ1n) is 10.8. The van der Waals surface area contributed by atoms with E-state index < -0.39 is 0 Å². The number of hydrogen-bond donors (Lipinski definition) is 1. The van der Waals surface area contributed by atoms with E-state index >= 15 is 0 Å². The molecular weight excluding hydrogens is 432 g/mol. The van der Waals surface area contributed by atoms with Crippen molar-refractivity contribution in [2.45, 2.75) is 25.1 Å². The molecule has 33 heavy (non-hydrogen) atoms. The largest absolute Gasteiger partial charge is 0.485 e. The molecule has 1 N–H and O–H groups in total. The normalized spacial score (nSPS) is 10.7. The molecule has 1 heterocycles. The maximum absolute atomic E-state index is 12.4. The summed E-state index contributed by atoms with van der Waals surface area (Å²) in [6.45, 7) is 2.88. The molecule has 0 spiro atoms. The average Bonchev–Trinajstić information content (AvgIpc) is 3.26. The Labute approximate surface area is 198 Å². The van der Waals surface area contributed by atoms with Crippen molar-refractivity contribution in [1.82, 2.24) is 20.1 Å². The van der Waals surface area contributed by atoms with Crippen molar-refractivity contribution in [3.05, 3.63) is 102 Å². The molecule has 6 nitrogen and oxygen atoms in total. The minimum absolute atomic E-state index is 0.0312. The molecule has 0 fully saturated rings. The number of benzene rings is 3. The van der Waals surface area contributed by atoms with Crippen LogP contribution in [0.25, 0.3) is 5.69 Å². The van der Waals surface area contributed by atoms with Gasteiger partial charge in [0.1, 0.15) is 12.4 Å². The van der Waals surface area contributed by atoms with Crippen molar-refractivity contribution >= 4 is 17.7 Å². The monoisotopic (exact) mass is 458 g/mol. The summed E-state index contributed by atoms with van der Waals surface area (Å²) in [4.78, 5) is 12.4. The quantitative estimate of drug-likeness (QED) is 0.352. The minimum Gasteiger partial charge on any atom is -0.485 e. The smallest absolute Gasteiger partial charge is 0.230 e. The summed E-state index contributed by atoms with van der Waals surface area (Å²) < 4.78 is 7.95. The molecule has 0 radical (unpaired) electrons. The maximum atomic E-state index is 12.4. The van der Waals surface area contributed by atoms with Crippen molar-refractivity contribution in [3.8, 4) is 11.4 Å². The number of aryl methyl sites for hydroxylation is 1. The lowest BCUT2D eigenvalue weighted by Crippen LogP contribution is -2.27. The second kappa shape index (κ2) is 11.3. The van der Waals surface area contributed by atoms with Crippen LogP contribution in [0.5, 0.6) is 5.75 Å². The van der Waals surface area contributed by atoms with Crippen molar-refractivity contribution in [3.63, 3.8) is 0 Å². The maximum Gasteiger partial charge on any atom is 0.230 e. The van der Waals surface area contributed by atoms with Gasteiger partial charge in [-0.05, 0) is 42.7 Å². The van der Waals surface area contributed by atoms with Crippen LogP contribution in [-0.2, 0) is 17.8 Å². The van der Waals surface area contributed by atoms with Gasteiger partial charge in [0.25, 0.3) is 0 Å². The lowest BCUT2D eigenvalue weighted by molar-refractivity contribution is -0.118. The van der Waals surface area contributed by atoms with Gasteiger partial charge in [0.2, 0.25) is 5.91 Å². The Hall–Kier alpha value is -3.58. The third-order valence-corrected chi connectivity index (χ3v) is 6.01. The van der Waals surface area contributed by atoms with Gasteiger partial charge < -0.3 is 10.1 Å². The zero-order chi connectivity index (χ0) is 22.9. The SMILES string of the molecule is Cc1ccccc1OCc1nnc(SCC(=O)NCCc2ccccc2)n1-c1ccccc1. The number of thioether (sulfide) groups is 1. The highest BCUT2D eigenvalue weighted by atomic mass is 32.2. The Morgan fingerprint density at radius 2 is 1.64 bits per heavy atom. The molecule has 1 aromatic heterocycles. The van der Waals surface area contributed by atoms with Gasteiger partial charge in [-0.3, -0.25) is 9.36 Å². The first kappa shape index (κ1) is 22.6. The summed E-state index contributed by atoms with van der Waals surface area (Å²) >= 11 is 1.36. The molecule has 0 saturated heterocycles. The van der Waals surface area contributed by atoms with Crippen LogP contribution in [0.15, 0.2) is 90.1 Å². The lowest BCUT2D eigenvalue weighted by atomic mass is 10.1. The van der Waals surface area contributed by atoms with Crippen molar-refractivity contribution in [2.24, 2.45) is 0 Å². The second-order valence-electron chi connectivity index (χ2n) is 7.50. The van der Waals surface area contributed by atoms with Crippen LogP contribution in [0.2, 0.25) is 0 Å². The molecule has 168 valence electrons. The average molecular weight is 459 g/mol. The number of rotatable bonds is 10. The molecule has 0 saturated carbocycles. The molecule has 0 unspecified atom stereocenters. The summed E-state index contributed by atoms with van der Waals surface area (Å²) in [6.07, 6.45) is 0.803. The standard InChI is InChI=1S/C26H26N4O2S/c1-20-10-8-9-15-23(20)32-18-24-28-29-26(30(24)22-13-6-3-7-14-22)33-19-25(31)27-17-16-21-11-4-2-5-12-21/h2-15H,16-19H2,1H3,(H,27,31). The highest BCUT2D eigenvalue weighted by Gasteiger charge is 2.16. The topological polar surface area (TPSA) is 69.0 Å². The van der Waals surface area contributed by atoms with Crippen LogP contribution in [0, 0.1) is 6.92 Å². The van der Waals surface area contributed by atoms with Gasteiger partial charge in [0, 0.05) is 12.2 Å². The molecule has 7 heteroatoms. The van der Waals surface area contributed by atoms with Crippen molar-refractivity contribution in [2.75, 3.05) is 12.3 Å². The zero-order valence-electron chi connectivity index (χ0n) is 18.5. The van der Waals surface area contributed by atoms with Crippen LogP contribution in [-0.4, -0.2) is 33.0 Å². The Bertz CT molecular complexity index is 1180. The van der Waals surface area contributed by atoms with E-state index in [9.17, 15) is 4.79 Å². The molecular formula is C26H26N4O2S. The van der Waals surface area contributed by atoms with E-state index in [2.05, 4.69) is 27.6 Å². The van der Waals surface area contributed by atoms with Crippen LogP contribution < -0.4 is 10.1 Å². The fourth-order valence-electron chi connectivity index (χ4n) is 3.36. The van der Waals surface area contributed by atoms with Crippen molar-refractivity contribution in [1.29, 1.82) is 0 Å². The molecule has 0 bridgehead atoms. The Morgan fingerprint density at radius 3 is 2.39 bits per heavy atom. The Kier molecular flexibility index (Phi) is 7.76. The third kappa shape index (κ3) is 6.23. The minimum atomic E-state index is -0.0312. The number of carbonyl (C=O) groups is 1. The van der Waals surface area contributed by atoms with E-state index in [4.69, 9.17) is 4.74 Å². The van der Waals surface area contributed by atoms with Gasteiger partial charge in [0.15, 0.2) is 11.0 Å². The predicted molar refractivity (Wildman–Crippen MR) is 131 cm³/mol. The molecule has 1 amide bonds. The van der Waals surface area contributed by atoms with Crippen molar-refractivity contribution < 1.29 is 9.53 Å². The van der Waals surface area contributed by atoms with E-state index in [1.807, 2.05) is 84.3 Å². The van der Waals surface area contributed by atoms with Gasteiger partial charge in [-0.25, -0.2) is 0 Å². The van der Waals surface area contributed by atoms with Gasteiger partial charge in [-0.1, -0.05) is 78.5 Å².